The molecule has 33 heavy (non-hydrogen) atoms. The highest BCUT2D eigenvalue weighted by Crippen LogP contribution is 2.57. The highest BCUT2D eigenvalue weighted by Gasteiger charge is 2.52. The molecule has 0 aromatic heterocycles. The van der Waals surface area contributed by atoms with E-state index in [1.54, 1.807) is 0 Å². The lowest BCUT2D eigenvalue weighted by Gasteiger charge is -2.48. The third-order valence-corrected chi connectivity index (χ3v) is 8.28. The van der Waals surface area contributed by atoms with Gasteiger partial charge < -0.3 is 9.47 Å². The van der Waals surface area contributed by atoms with Crippen molar-refractivity contribution in [2.24, 2.45) is 17.3 Å². The van der Waals surface area contributed by atoms with Gasteiger partial charge in [-0.3, -0.25) is 4.79 Å². The van der Waals surface area contributed by atoms with E-state index in [0.29, 0.717) is 30.1 Å². The van der Waals surface area contributed by atoms with E-state index in [9.17, 15) is 4.79 Å². The number of rotatable bonds is 9. The standard InChI is InChI=1S/C30H36O3/c1-30-17-16-26-25-13-11-24(20-23(25)10-12-27(26)28(30)14-15-29(30)31)33-19-7-3-6-18-32-21-22-8-4-2-5-9-22/h2,4-5,8-9,11,13-15,20,26-28H,3,6-7,10,12,16-19,21H2,1H3/t26-,27-,28+,30+/m1/s1. The van der Waals surface area contributed by atoms with Crippen LogP contribution < -0.4 is 4.74 Å². The van der Waals surface area contributed by atoms with Crippen molar-refractivity contribution in [3.63, 3.8) is 0 Å². The minimum Gasteiger partial charge on any atom is -0.494 e. The number of ketones is 1. The van der Waals surface area contributed by atoms with E-state index < -0.39 is 0 Å². The Morgan fingerprint density at radius 2 is 1.85 bits per heavy atom. The zero-order chi connectivity index (χ0) is 22.7. The normalized spacial score (nSPS) is 27.7. The van der Waals surface area contributed by atoms with Crippen LogP contribution in [-0.4, -0.2) is 19.0 Å². The third-order valence-electron chi connectivity index (χ3n) is 8.28. The molecule has 0 unspecified atom stereocenters. The Morgan fingerprint density at radius 3 is 2.73 bits per heavy atom. The number of carbonyl (C=O) groups excluding carboxylic acids is 1. The van der Waals surface area contributed by atoms with Crippen LogP contribution in [0.25, 0.3) is 0 Å². The van der Waals surface area contributed by atoms with Gasteiger partial charge in [0.1, 0.15) is 5.75 Å². The molecule has 0 N–H and O–H groups in total. The number of hydrogen-bond donors (Lipinski definition) is 0. The highest BCUT2D eigenvalue weighted by atomic mass is 16.5. The van der Waals surface area contributed by atoms with Crippen molar-refractivity contribution in [1.82, 2.24) is 0 Å². The van der Waals surface area contributed by atoms with Gasteiger partial charge in [-0.25, -0.2) is 0 Å². The molecule has 0 saturated heterocycles. The van der Waals surface area contributed by atoms with Crippen molar-refractivity contribution < 1.29 is 14.3 Å². The molecule has 3 aliphatic rings. The van der Waals surface area contributed by atoms with Gasteiger partial charge in [0.2, 0.25) is 0 Å². The summed E-state index contributed by atoms with van der Waals surface area (Å²) in [7, 11) is 0. The van der Waals surface area contributed by atoms with Crippen LogP contribution in [0, 0.1) is 17.3 Å². The lowest BCUT2D eigenvalue weighted by Crippen LogP contribution is -2.42. The van der Waals surface area contributed by atoms with Crippen molar-refractivity contribution >= 4 is 5.78 Å². The second-order valence-electron chi connectivity index (χ2n) is 10.3. The fourth-order valence-electron chi connectivity index (χ4n) is 6.36. The Balaban J connectivity index is 1.06. The third kappa shape index (κ3) is 4.66. The van der Waals surface area contributed by atoms with E-state index in [2.05, 4.69) is 55.5 Å². The van der Waals surface area contributed by atoms with Gasteiger partial charge >= 0.3 is 0 Å². The molecule has 0 spiro atoms. The minimum atomic E-state index is -0.145. The molecule has 0 amide bonds. The van der Waals surface area contributed by atoms with E-state index in [1.807, 2.05) is 12.1 Å². The molecule has 3 heteroatoms. The maximum absolute atomic E-state index is 12.4. The van der Waals surface area contributed by atoms with Gasteiger partial charge in [0.25, 0.3) is 0 Å². The van der Waals surface area contributed by atoms with E-state index in [4.69, 9.17) is 9.47 Å². The number of unbranched alkanes of at least 4 members (excludes halogenated alkanes) is 2. The van der Waals surface area contributed by atoms with Crippen LogP contribution in [0.2, 0.25) is 0 Å². The lowest BCUT2D eigenvalue weighted by atomic mass is 9.55. The van der Waals surface area contributed by atoms with Crippen molar-refractivity contribution in [1.29, 1.82) is 0 Å². The van der Waals surface area contributed by atoms with E-state index in [1.165, 1.54) is 23.1 Å². The van der Waals surface area contributed by atoms with Gasteiger partial charge in [-0.05, 0) is 97.6 Å². The number of ether oxygens (including phenoxy) is 2. The summed E-state index contributed by atoms with van der Waals surface area (Å²) >= 11 is 0. The van der Waals surface area contributed by atoms with Crippen LogP contribution in [0.4, 0.5) is 0 Å². The van der Waals surface area contributed by atoms with Crippen LogP contribution in [0.1, 0.15) is 68.1 Å². The number of fused-ring (bicyclic) bond motifs is 5. The highest BCUT2D eigenvalue weighted by molar-refractivity contribution is 5.97. The van der Waals surface area contributed by atoms with E-state index in [-0.39, 0.29) is 5.41 Å². The predicted molar refractivity (Wildman–Crippen MR) is 131 cm³/mol. The van der Waals surface area contributed by atoms with Gasteiger partial charge in [-0.1, -0.05) is 49.4 Å². The summed E-state index contributed by atoms with van der Waals surface area (Å²) in [5.41, 5.74) is 4.05. The molecule has 3 aliphatic carbocycles. The largest absolute Gasteiger partial charge is 0.494 e. The van der Waals surface area contributed by atoms with E-state index >= 15 is 0 Å². The molecule has 1 fully saturated rings. The SMILES string of the molecule is C[C@]12CC[C@@H]3c4ccc(OCCCCCOCc5ccccc5)cc4CC[C@H]3[C@@H]1C=CC2=O. The Labute approximate surface area is 198 Å². The van der Waals surface area contributed by atoms with Crippen LogP contribution in [-0.2, 0) is 22.6 Å². The zero-order valence-electron chi connectivity index (χ0n) is 19.8. The monoisotopic (exact) mass is 444 g/mol. The summed E-state index contributed by atoms with van der Waals surface area (Å²) in [5.74, 6) is 2.97. The molecule has 2 aromatic carbocycles. The molecule has 3 nitrogen and oxygen atoms in total. The molecule has 4 atom stereocenters. The van der Waals surface area contributed by atoms with E-state index in [0.717, 1.165) is 57.5 Å². The van der Waals surface area contributed by atoms with Gasteiger partial charge in [0, 0.05) is 12.0 Å². The quantitative estimate of drug-likeness (QED) is 0.406. The molecule has 1 saturated carbocycles. The summed E-state index contributed by atoms with van der Waals surface area (Å²) in [4.78, 5) is 12.4. The Bertz CT molecular complexity index is 995. The molecule has 0 heterocycles. The van der Waals surface area contributed by atoms with Crippen LogP contribution in [0.5, 0.6) is 5.75 Å². The number of allylic oxidation sites excluding steroid dienone is 2. The summed E-state index contributed by atoms with van der Waals surface area (Å²) in [6, 6.07) is 17.1. The fourth-order valence-corrected chi connectivity index (χ4v) is 6.36. The first-order valence-corrected chi connectivity index (χ1v) is 12.7. The van der Waals surface area contributed by atoms with Crippen molar-refractivity contribution in [3.05, 3.63) is 77.4 Å². The Kier molecular flexibility index (Phi) is 6.69. The second-order valence-corrected chi connectivity index (χ2v) is 10.3. The topological polar surface area (TPSA) is 35.5 Å². The average Bonchev–Trinajstić information content (AvgIpc) is 3.15. The van der Waals surface area contributed by atoms with Gasteiger partial charge in [0.05, 0.1) is 13.2 Å². The maximum Gasteiger partial charge on any atom is 0.161 e. The number of benzene rings is 2. The Morgan fingerprint density at radius 1 is 1.00 bits per heavy atom. The molecule has 2 aromatic rings. The van der Waals surface area contributed by atoms with Gasteiger partial charge in [0.15, 0.2) is 5.78 Å². The summed E-state index contributed by atoms with van der Waals surface area (Å²) in [5, 5.41) is 0. The summed E-state index contributed by atoms with van der Waals surface area (Å²) in [6.45, 7) is 4.45. The number of carbonyl (C=O) groups is 1. The zero-order valence-corrected chi connectivity index (χ0v) is 19.8. The molecule has 0 aliphatic heterocycles. The molecular weight excluding hydrogens is 408 g/mol. The molecule has 0 bridgehead atoms. The smallest absolute Gasteiger partial charge is 0.161 e. The Hall–Kier alpha value is -2.39. The molecule has 174 valence electrons. The van der Waals surface area contributed by atoms with Crippen molar-refractivity contribution in [2.45, 2.75) is 64.4 Å². The van der Waals surface area contributed by atoms with Gasteiger partial charge in [-0.2, -0.15) is 0 Å². The molecule has 0 radical (unpaired) electrons. The maximum atomic E-state index is 12.4. The first-order chi connectivity index (χ1) is 16.1. The van der Waals surface area contributed by atoms with Crippen LogP contribution in [0.3, 0.4) is 0 Å². The van der Waals surface area contributed by atoms with Crippen LogP contribution >= 0.6 is 0 Å². The summed E-state index contributed by atoms with van der Waals surface area (Å²) in [6.07, 6.45) is 11.7. The first-order valence-electron chi connectivity index (χ1n) is 12.7. The average molecular weight is 445 g/mol. The molecule has 5 rings (SSSR count). The lowest BCUT2D eigenvalue weighted by molar-refractivity contribution is -0.126. The number of aryl methyl sites for hydroxylation is 1. The second kappa shape index (κ2) is 9.85. The minimum absolute atomic E-state index is 0.145. The van der Waals surface area contributed by atoms with Gasteiger partial charge in [-0.15, -0.1) is 0 Å². The number of hydrogen-bond acceptors (Lipinski definition) is 3. The van der Waals surface area contributed by atoms with Crippen LogP contribution in [0.15, 0.2) is 60.7 Å². The summed E-state index contributed by atoms with van der Waals surface area (Å²) < 4.78 is 11.9. The van der Waals surface area contributed by atoms with Crippen molar-refractivity contribution in [3.8, 4) is 5.75 Å². The van der Waals surface area contributed by atoms with Crippen molar-refractivity contribution in [2.75, 3.05) is 13.2 Å². The first kappa shape index (κ1) is 22.4. The predicted octanol–water partition coefficient (Wildman–Crippen LogP) is 6.65. The molecular formula is C30H36O3. The fraction of sp³-hybridized carbons (Fsp3) is 0.500.